The van der Waals surface area contributed by atoms with Gasteiger partial charge in [0.25, 0.3) is 0 Å². The molecule has 0 bridgehead atoms. The number of rotatable bonds is 2. The van der Waals surface area contributed by atoms with Crippen LogP contribution in [-0.4, -0.2) is 26.0 Å². The minimum Gasteiger partial charge on any atom is -0.478 e. The molecule has 0 aliphatic carbocycles. The summed E-state index contributed by atoms with van der Waals surface area (Å²) in [6.07, 6.45) is 3.32. The molecule has 1 aromatic carbocycles. The summed E-state index contributed by atoms with van der Waals surface area (Å²) in [4.78, 5) is 24.0. The van der Waals surface area contributed by atoms with Crippen LogP contribution in [0.2, 0.25) is 0 Å². The van der Waals surface area contributed by atoms with Crippen LogP contribution in [0.5, 0.6) is 0 Å². The van der Waals surface area contributed by atoms with Crippen molar-refractivity contribution in [1.82, 2.24) is 15.0 Å². The van der Waals surface area contributed by atoms with Gasteiger partial charge in [-0.1, -0.05) is 0 Å². The van der Waals surface area contributed by atoms with Gasteiger partial charge in [0.2, 0.25) is 0 Å². The number of nitrogens with zero attached hydrogens (tertiary/aromatic N) is 3. The van der Waals surface area contributed by atoms with Crippen LogP contribution in [0, 0.1) is 6.92 Å². The van der Waals surface area contributed by atoms with Gasteiger partial charge in [0.05, 0.1) is 11.1 Å². The minimum absolute atomic E-state index is 0.223. The van der Waals surface area contributed by atoms with Crippen LogP contribution >= 0.6 is 0 Å². The zero-order valence-electron chi connectivity index (χ0n) is 10.7. The summed E-state index contributed by atoms with van der Waals surface area (Å²) in [7, 11) is 0. The maximum absolute atomic E-state index is 11.1. The van der Waals surface area contributed by atoms with Gasteiger partial charge in [-0.25, -0.2) is 14.8 Å². The van der Waals surface area contributed by atoms with Gasteiger partial charge >= 0.3 is 5.97 Å². The summed E-state index contributed by atoms with van der Waals surface area (Å²) < 4.78 is 0. The molecule has 0 aliphatic rings. The van der Waals surface area contributed by atoms with E-state index in [2.05, 4.69) is 15.0 Å². The number of carbonyl (C=O) groups is 1. The first-order valence-corrected chi connectivity index (χ1v) is 6.07. The Kier molecular flexibility index (Phi) is 2.87. The lowest BCUT2D eigenvalue weighted by atomic mass is 10.0. The van der Waals surface area contributed by atoms with E-state index in [0.29, 0.717) is 5.82 Å². The Hall–Kier alpha value is -2.82. The van der Waals surface area contributed by atoms with E-state index in [4.69, 9.17) is 5.11 Å². The number of aromatic carboxylic acids is 1. The van der Waals surface area contributed by atoms with E-state index < -0.39 is 5.97 Å². The normalized spacial score (nSPS) is 10.7. The number of hydrogen-bond acceptors (Lipinski definition) is 4. The van der Waals surface area contributed by atoms with Crippen LogP contribution in [0.1, 0.15) is 16.1 Å². The molecule has 0 saturated heterocycles. The Bertz CT molecular complexity index is 801. The van der Waals surface area contributed by atoms with Crippen LogP contribution < -0.4 is 0 Å². The number of aryl methyl sites for hydroxylation is 1. The lowest BCUT2D eigenvalue weighted by Gasteiger charge is -2.07. The molecule has 2 aromatic heterocycles. The van der Waals surface area contributed by atoms with Crippen LogP contribution in [0.15, 0.2) is 42.7 Å². The second-order valence-electron chi connectivity index (χ2n) is 4.42. The van der Waals surface area contributed by atoms with Gasteiger partial charge in [-0.05, 0) is 37.3 Å². The lowest BCUT2D eigenvalue weighted by molar-refractivity contribution is 0.0697. The first kappa shape index (κ1) is 12.2. The van der Waals surface area contributed by atoms with E-state index in [1.807, 2.05) is 13.0 Å². The number of carboxylic acid groups (broad SMARTS) is 1. The topological polar surface area (TPSA) is 76.0 Å². The van der Waals surface area contributed by atoms with E-state index >= 15 is 0 Å². The second-order valence-corrected chi connectivity index (χ2v) is 4.42. The predicted molar refractivity (Wildman–Crippen MR) is 74.5 cm³/mol. The first-order valence-electron chi connectivity index (χ1n) is 6.07. The summed E-state index contributed by atoms with van der Waals surface area (Å²) in [6, 6.07) is 8.46. The lowest BCUT2D eigenvalue weighted by Crippen LogP contribution is -1.98. The van der Waals surface area contributed by atoms with E-state index in [1.54, 1.807) is 36.7 Å². The quantitative estimate of drug-likeness (QED) is 0.771. The van der Waals surface area contributed by atoms with Gasteiger partial charge in [-0.2, -0.15) is 0 Å². The average Bonchev–Trinajstić information content (AvgIpc) is 2.46. The maximum Gasteiger partial charge on any atom is 0.335 e. The number of aromatic nitrogens is 3. The molecule has 0 saturated carbocycles. The van der Waals surface area contributed by atoms with Crippen molar-refractivity contribution in [2.24, 2.45) is 0 Å². The van der Waals surface area contributed by atoms with Gasteiger partial charge in [0, 0.05) is 29.0 Å². The van der Waals surface area contributed by atoms with Gasteiger partial charge < -0.3 is 5.11 Å². The molecule has 98 valence electrons. The zero-order valence-corrected chi connectivity index (χ0v) is 10.7. The summed E-state index contributed by atoms with van der Waals surface area (Å²) in [6.45, 7) is 1.89. The summed E-state index contributed by atoms with van der Waals surface area (Å²) in [5, 5.41) is 9.85. The molecular weight excluding hydrogens is 254 g/mol. The maximum atomic E-state index is 11.1. The molecule has 0 fully saturated rings. The van der Waals surface area contributed by atoms with Crippen molar-refractivity contribution in [3.8, 4) is 11.4 Å². The molecule has 3 rings (SSSR count). The molecule has 3 aromatic rings. The van der Waals surface area contributed by atoms with Crippen molar-refractivity contribution >= 4 is 16.9 Å². The SMILES string of the molecule is Cc1cc(-c2ncccn2)c2cc(C(=O)O)ccc2n1. The van der Waals surface area contributed by atoms with Gasteiger partial charge in [0.1, 0.15) is 0 Å². The monoisotopic (exact) mass is 265 g/mol. The molecule has 0 spiro atoms. The Morgan fingerprint density at radius 2 is 1.90 bits per heavy atom. The van der Waals surface area contributed by atoms with Gasteiger partial charge in [-0.3, -0.25) is 4.98 Å². The van der Waals surface area contributed by atoms with Crippen molar-refractivity contribution < 1.29 is 9.90 Å². The zero-order chi connectivity index (χ0) is 14.1. The molecule has 0 unspecified atom stereocenters. The fraction of sp³-hybridized carbons (Fsp3) is 0.0667. The molecule has 0 aliphatic heterocycles. The van der Waals surface area contributed by atoms with Crippen LogP contribution in [0.25, 0.3) is 22.3 Å². The highest BCUT2D eigenvalue weighted by molar-refractivity contribution is 5.98. The van der Waals surface area contributed by atoms with E-state index in [1.165, 1.54) is 0 Å². The third-order valence-electron chi connectivity index (χ3n) is 2.99. The van der Waals surface area contributed by atoms with E-state index in [9.17, 15) is 4.79 Å². The molecular formula is C15H11N3O2. The third-order valence-corrected chi connectivity index (χ3v) is 2.99. The standard InChI is InChI=1S/C15H11N3O2/c1-9-7-12(14-16-5-2-6-17-14)11-8-10(15(19)20)3-4-13(11)18-9/h2-8H,1H3,(H,19,20). The molecule has 0 atom stereocenters. The summed E-state index contributed by atoms with van der Waals surface area (Å²) in [5.74, 6) is -0.405. The number of fused-ring (bicyclic) bond motifs is 1. The smallest absolute Gasteiger partial charge is 0.335 e. The van der Waals surface area contributed by atoms with Crippen molar-refractivity contribution in [3.05, 3.63) is 54.0 Å². The highest BCUT2D eigenvalue weighted by atomic mass is 16.4. The van der Waals surface area contributed by atoms with Crippen LogP contribution in [0.4, 0.5) is 0 Å². The molecule has 1 N–H and O–H groups in total. The van der Waals surface area contributed by atoms with Gasteiger partial charge in [0.15, 0.2) is 5.82 Å². The first-order chi connectivity index (χ1) is 9.65. The molecule has 5 heteroatoms. The van der Waals surface area contributed by atoms with Crippen LogP contribution in [-0.2, 0) is 0 Å². The third kappa shape index (κ3) is 2.09. The largest absolute Gasteiger partial charge is 0.478 e. The Labute approximate surface area is 115 Å². The van der Waals surface area contributed by atoms with Crippen molar-refractivity contribution in [2.45, 2.75) is 6.92 Å². The van der Waals surface area contributed by atoms with E-state index in [0.717, 1.165) is 22.2 Å². The highest BCUT2D eigenvalue weighted by Crippen LogP contribution is 2.26. The molecule has 0 amide bonds. The fourth-order valence-corrected chi connectivity index (χ4v) is 2.11. The fourth-order valence-electron chi connectivity index (χ4n) is 2.11. The second kappa shape index (κ2) is 4.70. The highest BCUT2D eigenvalue weighted by Gasteiger charge is 2.11. The van der Waals surface area contributed by atoms with Crippen molar-refractivity contribution in [1.29, 1.82) is 0 Å². The average molecular weight is 265 g/mol. The summed E-state index contributed by atoms with van der Waals surface area (Å²) >= 11 is 0. The van der Waals surface area contributed by atoms with Crippen molar-refractivity contribution in [2.75, 3.05) is 0 Å². The van der Waals surface area contributed by atoms with Crippen LogP contribution in [0.3, 0.4) is 0 Å². The molecule has 0 radical (unpaired) electrons. The van der Waals surface area contributed by atoms with E-state index in [-0.39, 0.29) is 5.56 Å². The number of carboxylic acids is 1. The minimum atomic E-state index is -0.965. The number of hydrogen-bond donors (Lipinski definition) is 1. The Balaban J connectivity index is 2.34. The molecule has 20 heavy (non-hydrogen) atoms. The number of pyridine rings is 1. The summed E-state index contributed by atoms with van der Waals surface area (Å²) in [5.41, 5.74) is 2.58. The molecule has 2 heterocycles. The Morgan fingerprint density at radius 3 is 2.60 bits per heavy atom. The van der Waals surface area contributed by atoms with Gasteiger partial charge in [-0.15, -0.1) is 0 Å². The van der Waals surface area contributed by atoms with Crippen molar-refractivity contribution in [3.63, 3.8) is 0 Å². The predicted octanol–water partition coefficient (Wildman–Crippen LogP) is 2.70. The Morgan fingerprint density at radius 1 is 1.15 bits per heavy atom. The number of benzene rings is 1. The molecule has 5 nitrogen and oxygen atoms in total.